The Morgan fingerprint density at radius 2 is 2.17 bits per heavy atom. The van der Waals surface area contributed by atoms with Crippen LogP contribution in [0.15, 0.2) is 6.07 Å². The molecular formula is C12H15F3N2O. The van der Waals surface area contributed by atoms with E-state index in [-0.39, 0.29) is 11.7 Å². The van der Waals surface area contributed by atoms with Crippen LogP contribution in [0.5, 0.6) is 0 Å². The lowest BCUT2D eigenvalue weighted by atomic mass is 10.0. The summed E-state index contributed by atoms with van der Waals surface area (Å²) >= 11 is 0. The Labute approximate surface area is 104 Å². The van der Waals surface area contributed by atoms with Gasteiger partial charge in [-0.2, -0.15) is 9.37 Å². The Balaban J connectivity index is 2.08. The minimum Gasteiger partial charge on any atom is -0.381 e. The van der Waals surface area contributed by atoms with Gasteiger partial charge in [-0.1, -0.05) is 0 Å². The monoisotopic (exact) mass is 260 g/mol. The molecule has 1 aliphatic heterocycles. The number of aromatic nitrogens is 1. The molecule has 1 atom stereocenters. The molecule has 1 aromatic heterocycles. The molecule has 0 amide bonds. The summed E-state index contributed by atoms with van der Waals surface area (Å²) < 4.78 is 44.6. The standard InChI is InChI=1S/C12H15F3N2O/c1-17(6-8-3-2-4-18-7-8)12-10(14)5-9(13)11(15)16-12/h5,8H,2-4,6-7H2,1H3. The van der Waals surface area contributed by atoms with Gasteiger partial charge in [-0.25, -0.2) is 8.78 Å². The quantitative estimate of drug-likeness (QED) is 0.780. The van der Waals surface area contributed by atoms with Gasteiger partial charge in [0.1, 0.15) is 0 Å². The molecule has 1 fully saturated rings. The maximum Gasteiger partial charge on any atom is 0.251 e. The molecule has 0 radical (unpaired) electrons. The fourth-order valence-electron chi connectivity index (χ4n) is 2.13. The largest absolute Gasteiger partial charge is 0.381 e. The first-order valence-corrected chi connectivity index (χ1v) is 5.88. The van der Waals surface area contributed by atoms with E-state index in [1.807, 2.05) is 0 Å². The molecule has 1 unspecified atom stereocenters. The number of ether oxygens (including phenoxy) is 1. The van der Waals surface area contributed by atoms with Crippen molar-refractivity contribution in [2.24, 2.45) is 5.92 Å². The smallest absolute Gasteiger partial charge is 0.251 e. The van der Waals surface area contributed by atoms with E-state index in [4.69, 9.17) is 4.74 Å². The summed E-state index contributed by atoms with van der Waals surface area (Å²) in [5, 5.41) is 0. The summed E-state index contributed by atoms with van der Waals surface area (Å²) in [7, 11) is 1.61. The molecule has 3 nitrogen and oxygen atoms in total. The van der Waals surface area contributed by atoms with Gasteiger partial charge in [0.25, 0.3) is 5.95 Å². The average Bonchev–Trinajstić information content (AvgIpc) is 2.35. The predicted octanol–water partition coefficient (Wildman–Crippen LogP) is 2.36. The third-order valence-electron chi connectivity index (χ3n) is 3.02. The molecule has 0 bridgehead atoms. The van der Waals surface area contributed by atoms with Crippen molar-refractivity contribution in [2.75, 3.05) is 31.7 Å². The summed E-state index contributed by atoms with van der Waals surface area (Å²) in [5.74, 6) is -3.31. The maximum absolute atomic E-state index is 13.5. The number of halogens is 3. The Bertz CT molecular complexity index is 422. The molecular weight excluding hydrogens is 245 g/mol. The van der Waals surface area contributed by atoms with Gasteiger partial charge in [-0.05, 0) is 18.8 Å². The van der Waals surface area contributed by atoms with Crippen LogP contribution < -0.4 is 4.90 Å². The van der Waals surface area contributed by atoms with Gasteiger partial charge in [0.2, 0.25) is 0 Å². The second-order valence-corrected chi connectivity index (χ2v) is 4.53. The van der Waals surface area contributed by atoms with Gasteiger partial charge in [0.15, 0.2) is 17.5 Å². The molecule has 0 N–H and O–H groups in total. The van der Waals surface area contributed by atoms with Gasteiger partial charge in [0.05, 0.1) is 6.61 Å². The van der Waals surface area contributed by atoms with Crippen molar-refractivity contribution in [3.8, 4) is 0 Å². The SMILES string of the molecule is CN(CC1CCCOC1)c1nc(F)c(F)cc1F. The average molecular weight is 260 g/mol. The van der Waals surface area contributed by atoms with E-state index >= 15 is 0 Å². The van der Waals surface area contributed by atoms with Crippen molar-refractivity contribution in [1.82, 2.24) is 4.98 Å². The first-order valence-electron chi connectivity index (χ1n) is 5.88. The fourth-order valence-corrected chi connectivity index (χ4v) is 2.13. The molecule has 1 saturated heterocycles. The maximum atomic E-state index is 13.5. The minimum absolute atomic E-state index is 0.167. The number of anilines is 1. The molecule has 0 saturated carbocycles. The zero-order valence-electron chi connectivity index (χ0n) is 10.1. The molecule has 18 heavy (non-hydrogen) atoms. The summed E-state index contributed by atoms with van der Waals surface area (Å²) in [6.45, 7) is 1.86. The predicted molar refractivity (Wildman–Crippen MR) is 60.9 cm³/mol. The molecule has 1 aromatic rings. The van der Waals surface area contributed by atoms with Crippen LogP contribution >= 0.6 is 0 Å². The van der Waals surface area contributed by atoms with E-state index in [0.29, 0.717) is 19.2 Å². The molecule has 0 aliphatic carbocycles. The normalized spacial score (nSPS) is 19.9. The van der Waals surface area contributed by atoms with Crippen molar-refractivity contribution >= 4 is 5.82 Å². The van der Waals surface area contributed by atoms with Crippen LogP contribution in [0.2, 0.25) is 0 Å². The van der Waals surface area contributed by atoms with Crippen molar-refractivity contribution in [1.29, 1.82) is 0 Å². The summed E-state index contributed by atoms with van der Waals surface area (Å²) in [4.78, 5) is 4.80. The number of hydrogen-bond acceptors (Lipinski definition) is 3. The Hall–Kier alpha value is -1.30. The Morgan fingerprint density at radius 3 is 2.83 bits per heavy atom. The number of rotatable bonds is 3. The van der Waals surface area contributed by atoms with Gasteiger partial charge in [-0.15, -0.1) is 0 Å². The van der Waals surface area contributed by atoms with Crippen LogP contribution in [0.25, 0.3) is 0 Å². The molecule has 0 spiro atoms. The van der Waals surface area contributed by atoms with Gasteiger partial charge >= 0.3 is 0 Å². The third kappa shape index (κ3) is 2.93. The van der Waals surface area contributed by atoms with Gasteiger partial charge in [0, 0.05) is 26.3 Å². The molecule has 1 aliphatic rings. The number of hydrogen-bond donors (Lipinski definition) is 0. The van der Waals surface area contributed by atoms with E-state index in [1.54, 1.807) is 7.05 Å². The Kier molecular flexibility index (Phi) is 4.06. The van der Waals surface area contributed by atoms with E-state index in [0.717, 1.165) is 19.4 Å². The van der Waals surface area contributed by atoms with Crippen molar-refractivity contribution in [2.45, 2.75) is 12.8 Å². The van der Waals surface area contributed by atoms with Crippen LogP contribution in [0.1, 0.15) is 12.8 Å². The van der Waals surface area contributed by atoms with Crippen LogP contribution in [0.3, 0.4) is 0 Å². The second kappa shape index (κ2) is 5.56. The molecule has 2 heterocycles. The highest BCUT2D eigenvalue weighted by atomic mass is 19.2. The van der Waals surface area contributed by atoms with E-state index in [1.165, 1.54) is 4.90 Å². The fraction of sp³-hybridized carbons (Fsp3) is 0.583. The van der Waals surface area contributed by atoms with Crippen LogP contribution in [0, 0.1) is 23.5 Å². The molecule has 2 rings (SSSR count). The van der Waals surface area contributed by atoms with Crippen molar-refractivity contribution in [3.05, 3.63) is 23.6 Å². The van der Waals surface area contributed by atoms with Crippen molar-refractivity contribution in [3.63, 3.8) is 0 Å². The van der Waals surface area contributed by atoms with E-state index in [9.17, 15) is 13.2 Å². The number of pyridine rings is 1. The number of nitrogens with zero attached hydrogens (tertiary/aromatic N) is 2. The van der Waals surface area contributed by atoms with Crippen molar-refractivity contribution < 1.29 is 17.9 Å². The lowest BCUT2D eigenvalue weighted by molar-refractivity contribution is 0.0575. The zero-order chi connectivity index (χ0) is 13.1. The highest BCUT2D eigenvalue weighted by Gasteiger charge is 2.20. The Morgan fingerprint density at radius 1 is 1.39 bits per heavy atom. The highest BCUT2D eigenvalue weighted by molar-refractivity contribution is 5.39. The van der Waals surface area contributed by atoms with Crippen LogP contribution in [-0.4, -0.2) is 31.8 Å². The highest BCUT2D eigenvalue weighted by Crippen LogP contribution is 2.21. The molecule has 100 valence electrons. The van der Waals surface area contributed by atoms with Gasteiger partial charge in [-0.3, -0.25) is 0 Å². The summed E-state index contributed by atoms with van der Waals surface area (Å²) in [5.41, 5.74) is 0. The van der Waals surface area contributed by atoms with Crippen LogP contribution in [-0.2, 0) is 4.74 Å². The molecule has 0 aromatic carbocycles. The van der Waals surface area contributed by atoms with Crippen LogP contribution in [0.4, 0.5) is 19.0 Å². The molecule has 6 heteroatoms. The topological polar surface area (TPSA) is 25.4 Å². The third-order valence-corrected chi connectivity index (χ3v) is 3.02. The minimum atomic E-state index is -1.28. The second-order valence-electron chi connectivity index (χ2n) is 4.53. The van der Waals surface area contributed by atoms with E-state index < -0.39 is 17.6 Å². The summed E-state index contributed by atoms with van der Waals surface area (Å²) in [6.07, 6.45) is 1.95. The first kappa shape index (κ1) is 13.1. The zero-order valence-corrected chi connectivity index (χ0v) is 10.1. The van der Waals surface area contributed by atoms with E-state index in [2.05, 4.69) is 4.98 Å². The lowest BCUT2D eigenvalue weighted by Gasteiger charge is -2.27. The van der Waals surface area contributed by atoms with Gasteiger partial charge < -0.3 is 9.64 Å². The lowest BCUT2D eigenvalue weighted by Crippen LogP contribution is -2.32. The summed E-state index contributed by atoms with van der Waals surface area (Å²) in [6, 6.07) is 0.519. The first-order chi connectivity index (χ1) is 8.58.